The third kappa shape index (κ3) is 32.3. The second-order valence-corrected chi connectivity index (χ2v) is 12.1. The average molecular weight is 779 g/mol. The van der Waals surface area contributed by atoms with Crippen LogP contribution in [0.25, 0.3) is 0 Å². The van der Waals surface area contributed by atoms with Crippen LogP contribution in [0.1, 0.15) is 51.4 Å². The first-order valence-corrected chi connectivity index (χ1v) is 16.8. The molecule has 0 saturated heterocycles. The highest BCUT2D eigenvalue weighted by molar-refractivity contribution is 5.82. The maximum atomic E-state index is 11.8. The molecule has 0 fully saturated rings. The highest BCUT2D eigenvalue weighted by Gasteiger charge is 2.13. The lowest BCUT2D eigenvalue weighted by Crippen LogP contribution is -2.53. The number of urea groups is 6. The van der Waals surface area contributed by atoms with Gasteiger partial charge in [0.25, 0.3) is 0 Å². The molecular formula is C28H62N18O8. The fourth-order valence-electron chi connectivity index (χ4n) is 3.50. The van der Waals surface area contributed by atoms with Crippen LogP contribution in [0.4, 0.5) is 28.8 Å². The number of hydrogen-bond donors (Lipinski definition) is 12. The number of nitrogens with one attached hydrogen (secondary N) is 12. The summed E-state index contributed by atoms with van der Waals surface area (Å²) in [5.74, 6) is -0.736. The first kappa shape index (κ1) is 50.5. The van der Waals surface area contributed by atoms with Crippen LogP contribution >= 0.6 is 0 Å². The number of unbranched alkanes of at least 4 members (excludes halogenated alkanes) is 4. The minimum absolute atomic E-state index is 0.157. The molecule has 14 amide bonds. The lowest BCUT2D eigenvalue weighted by Gasteiger charge is -2.21. The number of hydrogen-bond acceptors (Lipinski definition) is 12. The zero-order valence-corrected chi connectivity index (χ0v) is 33.0. The largest absolute Gasteiger partial charge is 0.348 e. The van der Waals surface area contributed by atoms with E-state index in [1.807, 2.05) is 0 Å². The Hall–Kier alpha value is -5.60. The van der Waals surface area contributed by atoms with Crippen molar-refractivity contribution in [2.24, 2.45) is 0 Å². The monoisotopic (exact) mass is 778 g/mol. The summed E-state index contributed by atoms with van der Waals surface area (Å²) < 4.78 is 0. The molecule has 26 heteroatoms. The Bertz CT molecular complexity index is 1090. The van der Waals surface area contributed by atoms with Crippen molar-refractivity contribution in [1.29, 1.82) is 0 Å². The van der Waals surface area contributed by atoms with E-state index in [0.29, 0.717) is 25.9 Å². The molecule has 0 aliphatic heterocycles. The normalized spacial score (nSPS) is 10.2. The summed E-state index contributed by atoms with van der Waals surface area (Å²) in [5.41, 5.74) is 23.3. The van der Waals surface area contributed by atoms with Gasteiger partial charge in [0.2, 0.25) is 11.8 Å². The number of rotatable bonds is 16. The fraction of sp³-hybridized carbons (Fsp3) is 0.714. The van der Waals surface area contributed by atoms with Crippen LogP contribution in [-0.2, 0) is 9.59 Å². The van der Waals surface area contributed by atoms with Gasteiger partial charge in [0.15, 0.2) is 0 Å². The summed E-state index contributed by atoms with van der Waals surface area (Å²) in [6.45, 7) is 0.945. The first-order chi connectivity index (χ1) is 25.2. The van der Waals surface area contributed by atoms with E-state index >= 15 is 0 Å². The highest BCUT2D eigenvalue weighted by atomic mass is 16.2. The van der Waals surface area contributed by atoms with Crippen molar-refractivity contribution in [1.82, 2.24) is 94.9 Å². The van der Waals surface area contributed by atoms with Gasteiger partial charge in [0.05, 0.1) is 0 Å². The van der Waals surface area contributed by atoms with Gasteiger partial charge in [0, 0.05) is 96.4 Å². The van der Waals surface area contributed by atoms with E-state index in [4.69, 9.17) is 0 Å². The molecule has 312 valence electrons. The van der Waals surface area contributed by atoms with Gasteiger partial charge in [-0.2, -0.15) is 0 Å². The van der Waals surface area contributed by atoms with Crippen LogP contribution in [0.5, 0.6) is 0 Å². The van der Waals surface area contributed by atoms with E-state index in [-0.39, 0.29) is 24.7 Å². The number of carbonyl (C=O) groups excluding carboxylic acids is 8. The number of hydrazine groups is 8. The van der Waals surface area contributed by atoms with Crippen molar-refractivity contribution in [3.63, 3.8) is 0 Å². The smallest absolute Gasteiger partial charge is 0.337 e. The molecule has 0 rings (SSSR count). The van der Waals surface area contributed by atoms with Gasteiger partial charge in [-0.25, -0.2) is 80.5 Å². The average Bonchev–Trinajstić information content (AvgIpc) is 3.04. The minimum atomic E-state index is -0.560. The minimum Gasteiger partial charge on any atom is -0.337 e. The molecule has 0 aromatic rings. The van der Waals surface area contributed by atoms with Crippen molar-refractivity contribution in [2.45, 2.75) is 51.4 Å². The van der Waals surface area contributed by atoms with Gasteiger partial charge < -0.3 is 10.6 Å². The maximum absolute atomic E-state index is 11.8. The topological polar surface area (TPSA) is 300 Å². The molecule has 0 saturated carbocycles. The number of nitrogens with zero attached hydrogens (tertiary/aromatic N) is 6. The van der Waals surface area contributed by atoms with Crippen LogP contribution in [0.3, 0.4) is 0 Å². The summed E-state index contributed by atoms with van der Waals surface area (Å²) >= 11 is 0. The molecule has 0 heterocycles. The van der Waals surface area contributed by atoms with Crippen LogP contribution < -0.4 is 64.9 Å². The molecule has 0 aromatic heterocycles. The summed E-state index contributed by atoms with van der Waals surface area (Å²) in [4.78, 5) is 92.0. The van der Waals surface area contributed by atoms with Crippen molar-refractivity contribution in [3.05, 3.63) is 0 Å². The zero-order valence-electron chi connectivity index (χ0n) is 33.0. The van der Waals surface area contributed by atoms with Gasteiger partial charge in [-0.3, -0.25) is 42.1 Å². The molecule has 12 N–H and O–H groups in total. The molecule has 0 bridgehead atoms. The van der Waals surface area contributed by atoms with Crippen LogP contribution in [-0.4, -0.2) is 162 Å². The Labute approximate surface area is 316 Å². The molecule has 0 aliphatic carbocycles. The second kappa shape index (κ2) is 29.9. The molecule has 0 unspecified atom stereocenters. The van der Waals surface area contributed by atoms with E-state index in [1.165, 1.54) is 34.1 Å². The molecule has 0 atom stereocenters. The van der Waals surface area contributed by atoms with E-state index in [1.54, 1.807) is 56.4 Å². The molecule has 26 nitrogen and oxygen atoms in total. The summed E-state index contributed by atoms with van der Waals surface area (Å²) in [7, 11) is 16.0. The van der Waals surface area contributed by atoms with Gasteiger partial charge in [-0.1, -0.05) is 12.8 Å². The number of amides is 14. The van der Waals surface area contributed by atoms with Crippen molar-refractivity contribution in [3.8, 4) is 0 Å². The zero-order chi connectivity index (χ0) is 41.6. The SMILES string of the molecule is CN(C)NC(=O)NN(C)C(=O)NCCCCCCNC(=O)N(C)NC(=O)NN(C)C.CN(C)NC(=O)NNC(=O)CCCCC(=O)NNC(=O)NN(C)C. The van der Waals surface area contributed by atoms with Crippen LogP contribution in [0.2, 0.25) is 0 Å². The summed E-state index contributed by atoms with van der Waals surface area (Å²) in [5, 5.41) is 13.3. The summed E-state index contributed by atoms with van der Waals surface area (Å²) in [6, 6.07) is -2.97. The Morgan fingerprint density at radius 2 is 0.648 bits per heavy atom. The van der Waals surface area contributed by atoms with E-state index in [2.05, 4.69) is 64.9 Å². The third-order valence-electron chi connectivity index (χ3n) is 5.79. The lowest BCUT2D eigenvalue weighted by molar-refractivity contribution is -0.123. The Balaban J connectivity index is 0. The predicted octanol–water partition coefficient (Wildman–Crippen LogP) is -2.63. The van der Waals surface area contributed by atoms with E-state index in [9.17, 15) is 38.4 Å². The van der Waals surface area contributed by atoms with Crippen molar-refractivity contribution in [2.75, 3.05) is 83.6 Å². The molecule has 0 spiro atoms. The van der Waals surface area contributed by atoms with E-state index < -0.39 is 36.2 Å². The van der Waals surface area contributed by atoms with Crippen LogP contribution in [0, 0.1) is 0 Å². The fourth-order valence-corrected chi connectivity index (χ4v) is 3.50. The lowest BCUT2D eigenvalue weighted by atomic mass is 10.2. The second-order valence-electron chi connectivity index (χ2n) is 12.1. The molecular weight excluding hydrogens is 716 g/mol. The van der Waals surface area contributed by atoms with Crippen LogP contribution in [0.15, 0.2) is 0 Å². The predicted molar refractivity (Wildman–Crippen MR) is 197 cm³/mol. The Morgan fingerprint density at radius 1 is 0.352 bits per heavy atom. The van der Waals surface area contributed by atoms with E-state index in [0.717, 1.165) is 35.7 Å². The van der Waals surface area contributed by atoms with Gasteiger partial charge in [-0.05, 0) is 25.7 Å². The van der Waals surface area contributed by atoms with Gasteiger partial charge >= 0.3 is 36.2 Å². The first-order valence-electron chi connectivity index (χ1n) is 16.8. The summed E-state index contributed by atoms with van der Waals surface area (Å²) in [6.07, 6.45) is 4.50. The highest BCUT2D eigenvalue weighted by Crippen LogP contribution is 2.00. The third-order valence-corrected chi connectivity index (χ3v) is 5.79. The Kier molecular flexibility index (Phi) is 28.0. The van der Waals surface area contributed by atoms with Gasteiger partial charge in [0.1, 0.15) is 0 Å². The van der Waals surface area contributed by atoms with Crippen molar-refractivity contribution < 1.29 is 38.4 Å². The van der Waals surface area contributed by atoms with Gasteiger partial charge in [-0.15, -0.1) is 0 Å². The standard InChI is InChI=1S/C16H36N10O4.C12H26N8O4/c1-23(2)19-13(27)21-25(5)15(29)17-11-9-7-8-10-12-18-16(30)26(6)22-14(28)20-24(3)4;1-19(2)17-11(23)15-13-9(21)7-5-6-8-10(22)14-16-12(24)18-20(3)4/h7-12H2,1-6H3,(H,17,29)(H,18,30)(H2,19,21,27)(H2,20,22,28);5-8H2,1-4H3,(H,13,21)(H,14,22)(H2,15,17,23)(H2,16,18,24). The quantitative estimate of drug-likeness (QED) is 0.0566. The molecule has 0 aliphatic rings. The number of carbonyl (C=O) groups is 8. The molecule has 0 radical (unpaired) electrons. The molecule has 0 aromatic carbocycles. The Morgan fingerprint density at radius 3 is 0.944 bits per heavy atom. The van der Waals surface area contributed by atoms with Crippen molar-refractivity contribution >= 4 is 48.0 Å². The molecule has 54 heavy (non-hydrogen) atoms. The maximum Gasteiger partial charge on any atom is 0.348 e.